The lowest BCUT2D eigenvalue weighted by atomic mass is 10.2. The maximum absolute atomic E-state index is 14.2. The third kappa shape index (κ3) is 5.63. The molecule has 1 N–H and O–H groups in total. The van der Waals surface area contributed by atoms with E-state index in [-0.39, 0.29) is 22.0 Å². The average Bonchev–Trinajstić information content (AvgIpc) is 2.79. The molecule has 174 valence electrons. The number of amides is 1. The average molecular weight is 537 g/mol. The largest absolute Gasteiger partial charge is 0.497 e. The smallest absolute Gasteiger partial charge is 0.264 e. The van der Waals surface area contributed by atoms with Crippen molar-refractivity contribution in [3.05, 3.63) is 76.5 Å². The van der Waals surface area contributed by atoms with Crippen LogP contribution in [0.15, 0.2) is 70.0 Å². The van der Waals surface area contributed by atoms with Gasteiger partial charge in [0.1, 0.15) is 23.9 Å². The van der Waals surface area contributed by atoms with Crippen LogP contribution in [-0.2, 0) is 14.8 Å². The van der Waals surface area contributed by atoms with E-state index < -0.39 is 28.3 Å². The number of hydrogen-bond donors (Lipinski definition) is 1. The van der Waals surface area contributed by atoms with Crippen LogP contribution in [-0.4, -0.2) is 35.1 Å². The fraction of sp³-hybridized carbons (Fsp3) is 0.174. The number of sulfonamides is 1. The van der Waals surface area contributed by atoms with Gasteiger partial charge in [-0.15, -0.1) is 0 Å². The Bertz CT molecular complexity index is 1270. The number of anilines is 2. The van der Waals surface area contributed by atoms with E-state index >= 15 is 0 Å². The summed E-state index contributed by atoms with van der Waals surface area (Å²) in [6.07, 6.45) is 0. The Kier molecular flexibility index (Phi) is 7.60. The third-order valence-corrected chi connectivity index (χ3v) is 7.02. The number of halogens is 2. The highest BCUT2D eigenvalue weighted by molar-refractivity contribution is 9.10. The van der Waals surface area contributed by atoms with Crippen LogP contribution in [0.2, 0.25) is 0 Å². The number of carbonyl (C=O) groups is 1. The molecule has 3 aromatic carbocycles. The highest BCUT2D eigenvalue weighted by Gasteiger charge is 2.30. The second kappa shape index (κ2) is 10.2. The highest BCUT2D eigenvalue weighted by atomic mass is 79.9. The summed E-state index contributed by atoms with van der Waals surface area (Å²) in [6, 6.07) is 15.0. The number of benzene rings is 3. The van der Waals surface area contributed by atoms with Gasteiger partial charge in [0.25, 0.3) is 10.0 Å². The molecule has 0 aromatic heterocycles. The number of nitrogens with one attached hydrogen (secondary N) is 1. The molecule has 0 saturated heterocycles. The van der Waals surface area contributed by atoms with E-state index in [1.165, 1.54) is 50.6 Å². The lowest BCUT2D eigenvalue weighted by molar-refractivity contribution is -0.114. The van der Waals surface area contributed by atoms with E-state index in [2.05, 4.69) is 21.2 Å². The van der Waals surface area contributed by atoms with Crippen LogP contribution in [0.4, 0.5) is 15.8 Å². The van der Waals surface area contributed by atoms with Gasteiger partial charge in [0.2, 0.25) is 5.91 Å². The number of hydrogen-bond acceptors (Lipinski definition) is 5. The minimum atomic E-state index is -4.20. The van der Waals surface area contributed by atoms with Crippen molar-refractivity contribution in [2.24, 2.45) is 0 Å². The molecular weight excluding hydrogens is 515 g/mol. The van der Waals surface area contributed by atoms with Crippen molar-refractivity contribution in [3.8, 4) is 11.5 Å². The zero-order valence-corrected chi connectivity index (χ0v) is 20.5. The maximum Gasteiger partial charge on any atom is 0.264 e. The van der Waals surface area contributed by atoms with Gasteiger partial charge in [-0.3, -0.25) is 9.10 Å². The number of ether oxygens (including phenoxy) is 2. The zero-order chi connectivity index (χ0) is 24.2. The predicted octanol–water partition coefficient (Wildman–Crippen LogP) is 4.75. The SMILES string of the molecule is COc1ccc(OC)c(N(CC(=O)Nc2ccc(Br)cc2F)S(=O)(=O)c2ccc(C)cc2)c1. The van der Waals surface area contributed by atoms with Crippen molar-refractivity contribution in [1.82, 2.24) is 0 Å². The Morgan fingerprint density at radius 1 is 1.03 bits per heavy atom. The van der Waals surface area contributed by atoms with Crippen molar-refractivity contribution in [2.75, 3.05) is 30.4 Å². The van der Waals surface area contributed by atoms with Gasteiger partial charge in [0.15, 0.2) is 0 Å². The lowest BCUT2D eigenvalue weighted by Gasteiger charge is -2.26. The minimum absolute atomic E-state index is 0.0133. The molecule has 0 atom stereocenters. The Hall–Kier alpha value is -3.11. The second-order valence-electron chi connectivity index (χ2n) is 7.03. The first-order valence-corrected chi connectivity index (χ1v) is 12.0. The van der Waals surface area contributed by atoms with Crippen molar-refractivity contribution >= 4 is 43.2 Å². The summed E-state index contributed by atoms with van der Waals surface area (Å²) in [5, 5.41) is 2.42. The summed E-state index contributed by atoms with van der Waals surface area (Å²) in [4.78, 5) is 12.8. The molecule has 3 aromatic rings. The zero-order valence-electron chi connectivity index (χ0n) is 18.1. The van der Waals surface area contributed by atoms with Gasteiger partial charge in [-0.2, -0.15) is 0 Å². The monoisotopic (exact) mass is 536 g/mol. The number of methoxy groups -OCH3 is 2. The molecule has 1 amide bonds. The molecule has 0 heterocycles. The van der Waals surface area contributed by atoms with Crippen LogP contribution < -0.4 is 19.1 Å². The summed E-state index contributed by atoms with van der Waals surface area (Å²) in [7, 11) is -1.37. The number of carbonyl (C=O) groups excluding carboxylic acids is 1. The quantitative estimate of drug-likeness (QED) is 0.449. The van der Waals surface area contributed by atoms with Gasteiger partial charge in [0, 0.05) is 10.5 Å². The normalized spacial score (nSPS) is 11.1. The van der Waals surface area contributed by atoms with Gasteiger partial charge < -0.3 is 14.8 Å². The van der Waals surface area contributed by atoms with Crippen LogP contribution >= 0.6 is 15.9 Å². The molecule has 10 heteroatoms. The topological polar surface area (TPSA) is 84.9 Å². The van der Waals surface area contributed by atoms with Crippen LogP contribution in [0.1, 0.15) is 5.56 Å². The van der Waals surface area contributed by atoms with Gasteiger partial charge in [-0.05, 0) is 49.4 Å². The molecule has 3 rings (SSSR count). The molecule has 0 radical (unpaired) electrons. The number of aryl methyl sites for hydroxylation is 1. The Morgan fingerprint density at radius 2 is 1.73 bits per heavy atom. The van der Waals surface area contributed by atoms with E-state index in [4.69, 9.17) is 9.47 Å². The fourth-order valence-electron chi connectivity index (χ4n) is 3.04. The lowest BCUT2D eigenvalue weighted by Crippen LogP contribution is -2.38. The van der Waals surface area contributed by atoms with Crippen LogP contribution in [0.5, 0.6) is 11.5 Å². The Labute approximate surface area is 200 Å². The second-order valence-corrected chi connectivity index (χ2v) is 9.81. The van der Waals surface area contributed by atoms with Gasteiger partial charge in [0.05, 0.1) is 30.5 Å². The van der Waals surface area contributed by atoms with Gasteiger partial charge in [-0.25, -0.2) is 12.8 Å². The van der Waals surface area contributed by atoms with Gasteiger partial charge in [-0.1, -0.05) is 33.6 Å². The van der Waals surface area contributed by atoms with Crippen LogP contribution in [0, 0.1) is 12.7 Å². The van der Waals surface area contributed by atoms with E-state index in [9.17, 15) is 17.6 Å². The first-order valence-electron chi connectivity index (χ1n) is 9.72. The molecule has 0 fully saturated rings. The van der Waals surface area contributed by atoms with Crippen LogP contribution in [0.25, 0.3) is 0 Å². The molecule has 7 nitrogen and oxygen atoms in total. The molecule has 0 aliphatic rings. The summed E-state index contributed by atoms with van der Waals surface area (Å²) < 4.78 is 53.4. The molecule has 0 aliphatic carbocycles. The maximum atomic E-state index is 14.2. The first kappa shape index (κ1) is 24.5. The molecule has 0 unspecified atom stereocenters. The number of nitrogens with zero attached hydrogens (tertiary/aromatic N) is 1. The molecule has 0 saturated carbocycles. The Morgan fingerprint density at radius 3 is 2.33 bits per heavy atom. The summed E-state index contributed by atoms with van der Waals surface area (Å²) in [6.45, 7) is 1.20. The first-order chi connectivity index (χ1) is 15.6. The molecular formula is C23H22BrFN2O5S. The number of rotatable bonds is 8. The molecule has 0 aliphatic heterocycles. The summed E-state index contributed by atoms with van der Waals surface area (Å²) in [5.74, 6) is -0.815. The fourth-order valence-corrected chi connectivity index (χ4v) is 4.80. The molecule has 0 bridgehead atoms. The highest BCUT2D eigenvalue weighted by Crippen LogP contribution is 2.35. The van der Waals surface area contributed by atoms with E-state index in [0.29, 0.717) is 10.2 Å². The van der Waals surface area contributed by atoms with E-state index in [0.717, 1.165) is 9.87 Å². The van der Waals surface area contributed by atoms with Crippen molar-refractivity contribution < 1.29 is 27.1 Å². The van der Waals surface area contributed by atoms with E-state index in [1.807, 2.05) is 6.92 Å². The van der Waals surface area contributed by atoms with E-state index in [1.54, 1.807) is 24.3 Å². The predicted molar refractivity (Wildman–Crippen MR) is 128 cm³/mol. The molecule has 0 spiro atoms. The summed E-state index contributed by atoms with van der Waals surface area (Å²) in [5.41, 5.74) is 0.903. The van der Waals surface area contributed by atoms with Crippen LogP contribution in [0.3, 0.4) is 0 Å². The standard InChI is InChI=1S/C23H22BrFN2O5S/c1-15-4-8-18(9-5-15)33(29,30)27(21-13-17(31-2)7-11-22(21)32-3)14-23(28)26-20-10-6-16(24)12-19(20)25/h4-13H,14H2,1-3H3,(H,26,28). The minimum Gasteiger partial charge on any atom is -0.497 e. The van der Waals surface area contributed by atoms with Gasteiger partial charge >= 0.3 is 0 Å². The molecule has 33 heavy (non-hydrogen) atoms. The van der Waals surface area contributed by atoms with Crippen molar-refractivity contribution in [3.63, 3.8) is 0 Å². The van der Waals surface area contributed by atoms with Crippen molar-refractivity contribution in [1.29, 1.82) is 0 Å². The third-order valence-electron chi connectivity index (χ3n) is 4.76. The Balaban J connectivity index is 2.05. The summed E-state index contributed by atoms with van der Waals surface area (Å²) >= 11 is 3.15. The van der Waals surface area contributed by atoms with Crippen molar-refractivity contribution in [2.45, 2.75) is 11.8 Å².